The van der Waals surface area contributed by atoms with Gasteiger partial charge in [-0.15, -0.1) is 0 Å². The average molecular weight is 169 g/mol. The highest BCUT2D eigenvalue weighted by atomic mass is 14.9. The maximum atomic E-state index is 3.67. The molecular weight excluding hydrogens is 146 g/mol. The fourth-order valence-electron chi connectivity index (χ4n) is 2.20. The summed E-state index contributed by atoms with van der Waals surface area (Å²) in [5.41, 5.74) is 0. The number of hydrogen-bond donors (Lipinski definition) is 1. The smallest absolute Gasteiger partial charge is 0.00926 e. The zero-order valence-electron chi connectivity index (χ0n) is 8.60. The minimum absolute atomic E-state index is 0.812. The quantitative estimate of drug-likeness (QED) is 0.685. The van der Waals surface area contributed by atoms with E-state index >= 15 is 0 Å². The first-order valence-electron chi connectivity index (χ1n) is 5.58. The van der Waals surface area contributed by atoms with Gasteiger partial charge in [0.05, 0.1) is 0 Å². The Kier molecular flexibility index (Phi) is 4.67. The molecule has 1 heterocycles. The second-order valence-corrected chi connectivity index (χ2v) is 4.18. The van der Waals surface area contributed by atoms with Crippen molar-refractivity contribution in [3.8, 4) is 0 Å². The Morgan fingerprint density at radius 1 is 1.33 bits per heavy atom. The van der Waals surface area contributed by atoms with E-state index in [0.29, 0.717) is 0 Å². The van der Waals surface area contributed by atoms with Crippen LogP contribution >= 0.6 is 0 Å². The van der Waals surface area contributed by atoms with Gasteiger partial charge in [-0.2, -0.15) is 0 Å². The van der Waals surface area contributed by atoms with Crippen molar-refractivity contribution in [2.45, 2.75) is 58.4 Å². The average Bonchev–Trinajstić information content (AvgIpc) is 2.32. The Morgan fingerprint density at radius 2 is 2.17 bits per heavy atom. The highest BCUT2D eigenvalue weighted by Crippen LogP contribution is 2.18. The zero-order chi connectivity index (χ0) is 8.81. The van der Waals surface area contributed by atoms with E-state index in [2.05, 4.69) is 19.2 Å². The summed E-state index contributed by atoms with van der Waals surface area (Å²) in [7, 11) is 0. The van der Waals surface area contributed by atoms with Gasteiger partial charge in [0, 0.05) is 6.04 Å². The minimum atomic E-state index is 0.812. The SMILES string of the molecule is CCCC(C)C1CCCCCN1. The van der Waals surface area contributed by atoms with Crippen molar-refractivity contribution in [3.63, 3.8) is 0 Å². The number of rotatable bonds is 3. The normalized spacial score (nSPS) is 28.0. The first-order valence-corrected chi connectivity index (χ1v) is 5.58. The van der Waals surface area contributed by atoms with Gasteiger partial charge < -0.3 is 5.32 Å². The Bertz CT molecular complexity index is 104. The van der Waals surface area contributed by atoms with Gasteiger partial charge in [-0.3, -0.25) is 0 Å². The molecule has 1 fully saturated rings. The Hall–Kier alpha value is -0.0400. The van der Waals surface area contributed by atoms with Gasteiger partial charge in [-0.1, -0.05) is 33.1 Å². The molecule has 0 aromatic heterocycles. The lowest BCUT2D eigenvalue weighted by molar-refractivity contribution is 0.349. The molecule has 0 aromatic rings. The van der Waals surface area contributed by atoms with Gasteiger partial charge in [0.25, 0.3) is 0 Å². The third kappa shape index (κ3) is 3.14. The van der Waals surface area contributed by atoms with Crippen LogP contribution in [0.4, 0.5) is 0 Å². The van der Waals surface area contributed by atoms with Crippen LogP contribution in [0.2, 0.25) is 0 Å². The molecule has 0 aromatic carbocycles. The van der Waals surface area contributed by atoms with Crippen LogP contribution in [0.15, 0.2) is 0 Å². The van der Waals surface area contributed by atoms with Crippen molar-refractivity contribution in [1.82, 2.24) is 5.32 Å². The molecule has 2 unspecified atom stereocenters. The van der Waals surface area contributed by atoms with E-state index in [1.54, 1.807) is 0 Å². The molecule has 0 spiro atoms. The molecule has 1 saturated heterocycles. The summed E-state index contributed by atoms with van der Waals surface area (Å²) in [6.45, 7) is 5.93. The minimum Gasteiger partial charge on any atom is -0.314 e. The van der Waals surface area contributed by atoms with Crippen LogP contribution < -0.4 is 5.32 Å². The molecule has 2 atom stereocenters. The topological polar surface area (TPSA) is 12.0 Å². The van der Waals surface area contributed by atoms with Crippen LogP contribution in [0.25, 0.3) is 0 Å². The molecule has 0 bridgehead atoms. The summed E-state index contributed by atoms with van der Waals surface area (Å²) < 4.78 is 0. The lowest BCUT2D eigenvalue weighted by Crippen LogP contribution is -2.34. The van der Waals surface area contributed by atoms with Crippen molar-refractivity contribution >= 4 is 0 Å². The van der Waals surface area contributed by atoms with Crippen LogP contribution in [0.3, 0.4) is 0 Å². The fraction of sp³-hybridized carbons (Fsp3) is 1.00. The van der Waals surface area contributed by atoms with Crippen molar-refractivity contribution in [3.05, 3.63) is 0 Å². The molecule has 1 heteroatoms. The third-order valence-corrected chi connectivity index (χ3v) is 3.03. The molecule has 1 N–H and O–H groups in total. The van der Waals surface area contributed by atoms with Gasteiger partial charge in [0.2, 0.25) is 0 Å². The Balaban J connectivity index is 2.27. The predicted octanol–water partition coefficient (Wildman–Crippen LogP) is 2.95. The molecule has 0 amide bonds. The molecule has 1 rings (SSSR count). The molecule has 12 heavy (non-hydrogen) atoms. The van der Waals surface area contributed by atoms with Crippen molar-refractivity contribution in [2.75, 3.05) is 6.54 Å². The maximum absolute atomic E-state index is 3.67. The van der Waals surface area contributed by atoms with Crippen LogP contribution in [-0.2, 0) is 0 Å². The number of nitrogens with one attached hydrogen (secondary N) is 1. The summed E-state index contributed by atoms with van der Waals surface area (Å²) >= 11 is 0. The Morgan fingerprint density at radius 3 is 2.92 bits per heavy atom. The molecular formula is C11H23N. The van der Waals surface area contributed by atoms with Crippen LogP contribution in [0, 0.1) is 5.92 Å². The molecule has 0 aliphatic carbocycles. The van der Waals surface area contributed by atoms with Gasteiger partial charge in [0.15, 0.2) is 0 Å². The summed E-state index contributed by atoms with van der Waals surface area (Å²) in [6.07, 6.45) is 8.38. The highest BCUT2D eigenvalue weighted by Gasteiger charge is 2.16. The van der Waals surface area contributed by atoms with E-state index in [1.807, 2.05) is 0 Å². The van der Waals surface area contributed by atoms with E-state index in [4.69, 9.17) is 0 Å². The summed E-state index contributed by atoms with van der Waals surface area (Å²) in [6, 6.07) is 0.812. The van der Waals surface area contributed by atoms with Crippen molar-refractivity contribution in [2.24, 2.45) is 5.92 Å². The standard InChI is InChI=1S/C11H23N/c1-3-7-10(2)11-8-5-4-6-9-12-11/h10-12H,3-9H2,1-2H3. The predicted molar refractivity (Wildman–Crippen MR) is 54.3 cm³/mol. The second kappa shape index (κ2) is 5.58. The lowest BCUT2D eigenvalue weighted by Gasteiger charge is -2.22. The zero-order valence-corrected chi connectivity index (χ0v) is 8.60. The fourth-order valence-corrected chi connectivity index (χ4v) is 2.20. The lowest BCUT2D eigenvalue weighted by atomic mass is 9.93. The monoisotopic (exact) mass is 169 g/mol. The number of hydrogen-bond acceptors (Lipinski definition) is 1. The van der Waals surface area contributed by atoms with Crippen LogP contribution in [-0.4, -0.2) is 12.6 Å². The van der Waals surface area contributed by atoms with Gasteiger partial charge >= 0.3 is 0 Å². The first-order chi connectivity index (χ1) is 5.84. The highest BCUT2D eigenvalue weighted by molar-refractivity contribution is 4.75. The van der Waals surface area contributed by atoms with E-state index < -0.39 is 0 Å². The molecule has 1 nitrogen and oxygen atoms in total. The summed E-state index contributed by atoms with van der Waals surface area (Å²) in [4.78, 5) is 0. The third-order valence-electron chi connectivity index (χ3n) is 3.03. The maximum Gasteiger partial charge on any atom is 0.00926 e. The van der Waals surface area contributed by atoms with E-state index in [0.717, 1.165) is 12.0 Å². The second-order valence-electron chi connectivity index (χ2n) is 4.18. The van der Waals surface area contributed by atoms with E-state index in [1.165, 1.54) is 45.1 Å². The molecule has 1 aliphatic rings. The first kappa shape index (κ1) is 10.0. The van der Waals surface area contributed by atoms with Gasteiger partial charge in [-0.25, -0.2) is 0 Å². The van der Waals surface area contributed by atoms with Crippen molar-refractivity contribution < 1.29 is 0 Å². The molecule has 1 aliphatic heterocycles. The van der Waals surface area contributed by atoms with Crippen LogP contribution in [0.1, 0.15) is 52.4 Å². The molecule has 0 saturated carbocycles. The Labute approximate surface area is 76.9 Å². The summed E-state index contributed by atoms with van der Waals surface area (Å²) in [5, 5.41) is 3.67. The van der Waals surface area contributed by atoms with Crippen LogP contribution in [0.5, 0.6) is 0 Å². The van der Waals surface area contributed by atoms with E-state index in [9.17, 15) is 0 Å². The van der Waals surface area contributed by atoms with Crippen molar-refractivity contribution in [1.29, 1.82) is 0 Å². The van der Waals surface area contributed by atoms with E-state index in [-0.39, 0.29) is 0 Å². The summed E-state index contributed by atoms with van der Waals surface area (Å²) in [5.74, 6) is 0.882. The van der Waals surface area contributed by atoms with Gasteiger partial charge in [0.1, 0.15) is 0 Å². The molecule has 72 valence electrons. The van der Waals surface area contributed by atoms with Gasteiger partial charge in [-0.05, 0) is 31.7 Å². The molecule has 0 radical (unpaired) electrons. The largest absolute Gasteiger partial charge is 0.314 e.